The molecule has 82 valence electrons. The Morgan fingerprint density at radius 3 is 2.38 bits per heavy atom. The third-order valence-corrected chi connectivity index (χ3v) is 2.20. The number of Topliss-reactive ketones (excluding diaryl/α,β-unsaturated/α-hetero) is 1. The van der Waals surface area contributed by atoms with E-state index in [4.69, 9.17) is 5.26 Å². The fraction of sp³-hybridized carbons (Fsp3) is 0.167. The summed E-state index contributed by atoms with van der Waals surface area (Å²) < 4.78 is 12.7. The highest BCUT2D eigenvalue weighted by atomic mass is 19.1. The summed E-state index contributed by atoms with van der Waals surface area (Å²) in [5.74, 6) is -0.821. The van der Waals surface area contributed by atoms with E-state index in [0.29, 0.717) is 11.3 Å². The predicted octanol–water partition coefficient (Wildman–Crippen LogP) is 2.03. The van der Waals surface area contributed by atoms with Crippen molar-refractivity contribution in [3.8, 4) is 6.07 Å². The third-order valence-electron chi connectivity index (χ3n) is 2.20. The zero-order valence-corrected chi connectivity index (χ0v) is 9.04. The van der Waals surface area contributed by atoms with Crippen molar-refractivity contribution in [1.29, 1.82) is 5.26 Å². The average molecular weight is 218 g/mol. The van der Waals surface area contributed by atoms with Gasteiger partial charge in [-0.1, -0.05) is 0 Å². The Bertz CT molecular complexity index is 469. The van der Waals surface area contributed by atoms with Gasteiger partial charge in [-0.25, -0.2) is 4.39 Å². The SMILES string of the molecule is CN/C(C)=C(\C#N)C(=O)c1ccc(F)cc1. The second-order valence-corrected chi connectivity index (χ2v) is 3.20. The smallest absolute Gasteiger partial charge is 0.205 e. The first kappa shape index (κ1) is 11.9. The van der Waals surface area contributed by atoms with Gasteiger partial charge in [0.15, 0.2) is 0 Å². The second kappa shape index (κ2) is 5.08. The van der Waals surface area contributed by atoms with Crippen LogP contribution in [0.3, 0.4) is 0 Å². The lowest BCUT2D eigenvalue weighted by molar-refractivity contribution is 0.103. The molecule has 0 saturated carbocycles. The predicted molar refractivity (Wildman–Crippen MR) is 58.1 cm³/mol. The first-order chi connectivity index (χ1) is 7.60. The normalized spacial score (nSPS) is 11.4. The summed E-state index contributed by atoms with van der Waals surface area (Å²) in [5.41, 5.74) is 0.832. The molecular formula is C12H11FN2O. The molecule has 0 radical (unpaired) electrons. The number of carbonyl (C=O) groups is 1. The van der Waals surface area contributed by atoms with Crippen molar-refractivity contribution in [3.63, 3.8) is 0 Å². The fourth-order valence-electron chi connectivity index (χ4n) is 1.18. The molecule has 1 aromatic carbocycles. The Hall–Kier alpha value is -2.15. The van der Waals surface area contributed by atoms with Crippen LogP contribution >= 0.6 is 0 Å². The molecule has 0 fully saturated rings. The first-order valence-corrected chi connectivity index (χ1v) is 4.69. The number of carbonyl (C=O) groups excluding carboxylic acids is 1. The number of hydrogen-bond acceptors (Lipinski definition) is 3. The van der Waals surface area contributed by atoms with Gasteiger partial charge < -0.3 is 5.32 Å². The minimum Gasteiger partial charge on any atom is -0.390 e. The maximum atomic E-state index is 12.7. The maximum absolute atomic E-state index is 12.7. The lowest BCUT2D eigenvalue weighted by Gasteiger charge is -2.04. The van der Waals surface area contributed by atoms with Gasteiger partial charge in [0.1, 0.15) is 17.5 Å². The largest absolute Gasteiger partial charge is 0.390 e. The summed E-state index contributed by atoms with van der Waals surface area (Å²) in [6, 6.07) is 6.94. The van der Waals surface area contributed by atoms with Crippen molar-refractivity contribution in [2.45, 2.75) is 6.92 Å². The van der Waals surface area contributed by atoms with Gasteiger partial charge in [-0.3, -0.25) is 4.79 Å². The molecule has 0 unspecified atom stereocenters. The molecule has 16 heavy (non-hydrogen) atoms. The monoisotopic (exact) mass is 218 g/mol. The molecule has 1 N–H and O–H groups in total. The van der Waals surface area contributed by atoms with Crippen molar-refractivity contribution in [1.82, 2.24) is 5.32 Å². The number of allylic oxidation sites excluding steroid dienone is 2. The molecule has 3 nitrogen and oxygen atoms in total. The zero-order valence-electron chi connectivity index (χ0n) is 9.04. The molecule has 4 heteroatoms. The molecule has 0 aliphatic carbocycles. The van der Waals surface area contributed by atoms with Crippen LogP contribution in [0.25, 0.3) is 0 Å². The summed E-state index contributed by atoms with van der Waals surface area (Å²) in [6.45, 7) is 1.64. The van der Waals surface area contributed by atoms with E-state index in [0.717, 1.165) is 0 Å². The third kappa shape index (κ3) is 2.45. The van der Waals surface area contributed by atoms with Crippen molar-refractivity contribution >= 4 is 5.78 Å². The van der Waals surface area contributed by atoms with E-state index in [1.807, 2.05) is 6.07 Å². The maximum Gasteiger partial charge on any atom is 0.205 e. The molecule has 0 atom stereocenters. The van der Waals surface area contributed by atoms with Crippen molar-refractivity contribution in [3.05, 3.63) is 46.9 Å². The van der Waals surface area contributed by atoms with Gasteiger partial charge in [0.05, 0.1) is 0 Å². The van der Waals surface area contributed by atoms with Gasteiger partial charge in [-0.2, -0.15) is 5.26 Å². The number of hydrogen-bond donors (Lipinski definition) is 1. The number of nitrogens with zero attached hydrogens (tertiary/aromatic N) is 1. The van der Waals surface area contributed by atoms with Gasteiger partial charge in [0.25, 0.3) is 0 Å². The lowest BCUT2D eigenvalue weighted by atomic mass is 10.0. The van der Waals surface area contributed by atoms with Crippen LogP contribution in [0.15, 0.2) is 35.5 Å². The molecule has 0 amide bonds. The summed E-state index contributed by atoms with van der Waals surface area (Å²) >= 11 is 0. The van der Waals surface area contributed by atoms with E-state index in [-0.39, 0.29) is 5.57 Å². The molecule has 0 bridgehead atoms. The Balaban J connectivity index is 3.12. The molecule has 0 spiro atoms. The number of nitrogens with one attached hydrogen (secondary N) is 1. The second-order valence-electron chi connectivity index (χ2n) is 3.20. The standard InChI is InChI=1S/C12H11FN2O/c1-8(15-2)11(7-14)12(16)9-3-5-10(13)6-4-9/h3-6,15H,1-2H3/b11-8+. The zero-order chi connectivity index (χ0) is 12.1. The average Bonchev–Trinajstić information content (AvgIpc) is 2.30. The van der Waals surface area contributed by atoms with Gasteiger partial charge in [-0.05, 0) is 31.2 Å². The minimum atomic E-state index is -0.413. The molecule has 0 aliphatic rings. The van der Waals surface area contributed by atoms with Gasteiger partial charge in [0, 0.05) is 18.3 Å². The minimum absolute atomic E-state index is 0.0362. The Morgan fingerprint density at radius 2 is 1.94 bits per heavy atom. The lowest BCUT2D eigenvalue weighted by Crippen LogP contribution is -2.12. The topological polar surface area (TPSA) is 52.9 Å². The molecule has 0 heterocycles. The number of nitriles is 1. The number of benzene rings is 1. The summed E-state index contributed by atoms with van der Waals surface area (Å²) in [6.07, 6.45) is 0. The van der Waals surface area contributed by atoms with Crippen LogP contribution in [-0.4, -0.2) is 12.8 Å². The summed E-state index contributed by atoms with van der Waals surface area (Å²) in [7, 11) is 1.63. The Kier molecular flexibility index (Phi) is 3.78. The summed E-state index contributed by atoms with van der Waals surface area (Å²) in [5, 5.41) is 11.6. The van der Waals surface area contributed by atoms with Crippen LogP contribution in [0.1, 0.15) is 17.3 Å². The van der Waals surface area contributed by atoms with Crippen LogP contribution in [0.5, 0.6) is 0 Å². The van der Waals surface area contributed by atoms with E-state index >= 15 is 0 Å². The highest BCUT2D eigenvalue weighted by Crippen LogP contribution is 2.11. The van der Waals surface area contributed by atoms with Gasteiger partial charge >= 0.3 is 0 Å². The van der Waals surface area contributed by atoms with Crippen LogP contribution in [0.4, 0.5) is 4.39 Å². The molecule has 0 aromatic heterocycles. The highest BCUT2D eigenvalue weighted by molar-refractivity contribution is 6.11. The van der Waals surface area contributed by atoms with Crippen molar-refractivity contribution in [2.75, 3.05) is 7.05 Å². The number of rotatable bonds is 3. The highest BCUT2D eigenvalue weighted by Gasteiger charge is 2.14. The van der Waals surface area contributed by atoms with E-state index < -0.39 is 11.6 Å². The summed E-state index contributed by atoms with van der Waals surface area (Å²) in [4.78, 5) is 11.8. The van der Waals surface area contributed by atoms with Gasteiger partial charge in [0.2, 0.25) is 5.78 Å². The van der Waals surface area contributed by atoms with Crippen molar-refractivity contribution < 1.29 is 9.18 Å². The molecule has 0 saturated heterocycles. The molecular weight excluding hydrogens is 207 g/mol. The van der Waals surface area contributed by atoms with Crippen LogP contribution in [-0.2, 0) is 0 Å². The molecule has 0 aliphatic heterocycles. The Morgan fingerprint density at radius 1 is 1.38 bits per heavy atom. The van der Waals surface area contributed by atoms with Gasteiger partial charge in [-0.15, -0.1) is 0 Å². The quantitative estimate of drug-likeness (QED) is 0.479. The van der Waals surface area contributed by atoms with Crippen LogP contribution in [0, 0.1) is 17.1 Å². The molecule has 1 aromatic rings. The molecule has 1 rings (SSSR count). The van der Waals surface area contributed by atoms with E-state index in [1.165, 1.54) is 24.3 Å². The Labute approximate surface area is 93.2 Å². The van der Waals surface area contributed by atoms with E-state index in [2.05, 4.69) is 5.32 Å². The number of ketones is 1. The number of halogens is 1. The van der Waals surface area contributed by atoms with Crippen LogP contribution < -0.4 is 5.32 Å². The van der Waals surface area contributed by atoms with Crippen molar-refractivity contribution in [2.24, 2.45) is 0 Å². The van der Waals surface area contributed by atoms with E-state index in [1.54, 1.807) is 14.0 Å². The van der Waals surface area contributed by atoms with Crippen LogP contribution in [0.2, 0.25) is 0 Å². The fourth-order valence-corrected chi connectivity index (χ4v) is 1.18. The first-order valence-electron chi connectivity index (χ1n) is 4.69. The van der Waals surface area contributed by atoms with E-state index in [9.17, 15) is 9.18 Å².